The summed E-state index contributed by atoms with van der Waals surface area (Å²) in [6, 6.07) is 5.45. The minimum Gasteiger partial charge on any atom is -0.543 e. The number of halogens is 1. The minimum atomic E-state index is -2.19. The van der Waals surface area contributed by atoms with Crippen LogP contribution in [0.5, 0.6) is 11.5 Å². The van der Waals surface area contributed by atoms with Crippen LogP contribution in [0.2, 0.25) is 18.1 Å². The fourth-order valence-corrected chi connectivity index (χ4v) is 5.34. The maximum atomic E-state index is 12.6. The first-order valence-electron chi connectivity index (χ1n) is 13.2. The normalized spacial score (nSPS) is 16.5. The van der Waals surface area contributed by atoms with E-state index in [0.717, 1.165) is 12.8 Å². The lowest BCUT2D eigenvalue weighted by Crippen LogP contribution is -2.44. The van der Waals surface area contributed by atoms with Crippen LogP contribution in [-0.2, 0) is 36.8 Å². The molecule has 1 fully saturated rings. The second kappa shape index (κ2) is 13.2. The van der Waals surface area contributed by atoms with Gasteiger partial charge in [-0.2, -0.15) is 0 Å². The first kappa shape index (κ1) is 31.0. The van der Waals surface area contributed by atoms with E-state index in [1.165, 1.54) is 6.92 Å². The van der Waals surface area contributed by atoms with Gasteiger partial charge in [-0.15, -0.1) is 0 Å². The van der Waals surface area contributed by atoms with E-state index in [4.69, 9.17) is 23.4 Å². The number of hydrogen-bond acceptors (Lipinski definition) is 9. The van der Waals surface area contributed by atoms with Crippen LogP contribution in [0.3, 0.4) is 0 Å². The van der Waals surface area contributed by atoms with Gasteiger partial charge in [0.25, 0.3) is 8.32 Å². The first-order valence-corrected chi connectivity index (χ1v) is 16.9. The molecule has 0 radical (unpaired) electrons. The van der Waals surface area contributed by atoms with Crippen molar-refractivity contribution in [3.8, 4) is 11.5 Å². The first-order chi connectivity index (χ1) is 18.3. The summed E-state index contributed by atoms with van der Waals surface area (Å²) in [5, 5.41) is -0.0270. The van der Waals surface area contributed by atoms with Gasteiger partial charge in [-0.3, -0.25) is 4.79 Å². The smallest absolute Gasteiger partial charge is 0.347 e. The average Bonchev–Trinajstić information content (AvgIpc) is 3.39. The van der Waals surface area contributed by atoms with Gasteiger partial charge in [-0.25, -0.2) is 14.8 Å². The monoisotopic (exact) mass is 622 g/mol. The standard InChI is InChI=1S/C28H39BrN2O7Si/c1-8-34-27(33)25(37-18(2)32)15-19-14-24(38-39(6,7)28(3,4)5)21(29)16-23(19)36-17-20-11-12-30-26(31-20)22-10-9-13-35-22/h11-12,14,16,22,25H,8-10,13,15,17H2,1-7H3/t22-,25+/m0/s1. The van der Waals surface area contributed by atoms with E-state index in [2.05, 4.69) is 59.8 Å². The Bertz CT molecular complexity index is 1160. The lowest BCUT2D eigenvalue weighted by atomic mass is 10.1. The van der Waals surface area contributed by atoms with Gasteiger partial charge in [0, 0.05) is 31.7 Å². The summed E-state index contributed by atoms with van der Waals surface area (Å²) in [7, 11) is -2.19. The van der Waals surface area contributed by atoms with Crippen LogP contribution in [0.25, 0.3) is 0 Å². The molecule has 0 spiro atoms. The van der Waals surface area contributed by atoms with Gasteiger partial charge in [-0.05, 0) is 72.0 Å². The molecule has 0 bridgehead atoms. The molecule has 2 atom stereocenters. The Labute approximate surface area is 240 Å². The highest BCUT2D eigenvalue weighted by Crippen LogP contribution is 2.41. The van der Waals surface area contributed by atoms with Gasteiger partial charge in [0.2, 0.25) is 6.10 Å². The van der Waals surface area contributed by atoms with Crippen molar-refractivity contribution < 1.29 is 33.0 Å². The highest BCUT2D eigenvalue weighted by atomic mass is 79.9. The molecule has 3 rings (SSSR count). The number of carbonyl (C=O) groups is 2. The van der Waals surface area contributed by atoms with Crippen LogP contribution in [0.15, 0.2) is 28.9 Å². The number of aromatic nitrogens is 2. The number of hydrogen-bond donors (Lipinski definition) is 0. The second-order valence-corrected chi connectivity index (χ2v) is 16.6. The quantitative estimate of drug-likeness (QED) is 0.217. The summed E-state index contributed by atoms with van der Waals surface area (Å²) in [6.07, 6.45) is 2.40. The molecule has 0 aliphatic carbocycles. The molecule has 0 N–H and O–H groups in total. The highest BCUT2D eigenvalue weighted by molar-refractivity contribution is 9.10. The molecular formula is C28H39BrN2O7Si. The predicted octanol–water partition coefficient (Wildman–Crippen LogP) is 6.09. The van der Waals surface area contributed by atoms with Crippen molar-refractivity contribution in [3.63, 3.8) is 0 Å². The molecule has 39 heavy (non-hydrogen) atoms. The van der Waals surface area contributed by atoms with E-state index in [9.17, 15) is 9.59 Å². The molecule has 1 aliphatic rings. The molecule has 2 heterocycles. The highest BCUT2D eigenvalue weighted by Gasteiger charge is 2.39. The van der Waals surface area contributed by atoms with E-state index in [1.807, 2.05) is 12.1 Å². The van der Waals surface area contributed by atoms with Crippen molar-refractivity contribution in [1.82, 2.24) is 9.97 Å². The van der Waals surface area contributed by atoms with E-state index >= 15 is 0 Å². The fraction of sp³-hybridized carbons (Fsp3) is 0.571. The summed E-state index contributed by atoms with van der Waals surface area (Å²) < 4.78 is 29.7. The molecule has 0 unspecified atom stereocenters. The van der Waals surface area contributed by atoms with E-state index < -0.39 is 26.4 Å². The molecule has 214 valence electrons. The number of ether oxygens (including phenoxy) is 4. The maximum Gasteiger partial charge on any atom is 0.347 e. The zero-order valence-electron chi connectivity index (χ0n) is 23.8. The molecule has 1 aromatic heterocycles. The second-order valence-electron chi connectivity index (χ2n) is 11.0. The molecular weight excluding hydrogens is 584 g/mol. The molecule has 1 saturated heterocycles. The van der Waals surface area contributed by atoms with Crippen LogP contribution in [0.1, 0.15) is 70.6 Å². The maximum absolute atomic E-state index is 12.6. The zero-order valence-corrected chi connectivity index (χ0v) is 26.4. The Morgan fingerprint density at radius 2 is 1.97 bits per heavy atom. The van der Waals surface area contributed by atoms with Gasteiger partial charge >= 0.3 is 11.9 Å². The third-order valence-corrected chi connectivity index (χ3v) is 11.8. The summed E-state index contributed by atoms with van der Waals surface area (Å²) in [4.78, 5) is 33.4. The number of rotatable bonds is 11. The van der Waals surface area contributed by atoms with E-state index in [-0.39, 0.29) is 30.8 Å². The molecule has 9 nitrogen and oxygen atoms in total. The molecule has 0 saturated carbocycles. The lowest BCUT2D eigenvalue weighted by Gasteiger charge is -2.37. The summed E-state index contributed by atoms with van der Waals surface area (Å²) >= 11 is 3.64. The van der Waals surface area contributed by atoms with Crippen molar-refractivity contribution in [2.75, 3.05) is 13.2 Å². The molecule has 1 aromatic carbocycles. The number of carbonyl (C=O) groups excluding carboxylic acids is 2. The van der Waals surface area contributed by atoms with Crippen molar-refractivity contribution in [3.05, 3.63) is 46.0 Å². The van der Waals surface area contributed by atoms with Gasteiger partial charge in [-0.1, -0.05) is 20.8 Å². The predicted molar refractivity (Wildman–Crippen MR) is 152 cm³/mol. The SMILES string of the molecule is CCOC(=O)[C@@H](Cc1cc(O[Si](C)(C)C(C)(C)C)c(Br)cc1OCc1ccnc([C@@H]2CCCO2)n1)OC(C)=O. The van der Waals surface area contributed by atoms with E-state index in [0.29, 0.717) is 39.7 Å². The van der Waals surface area contributed by atoms with Gasteiger partial charge < -0.3 is 23.4 Å². The van der Waals surface area contributed by atoms with Crippen LogP contribution >= 0.6 is 15.9 Å². The minimum absolute atomic E-state index is 0.0270. The number of benzene rings is 1. The summed E-state index contributed by atoms with van der Waals surface area (Å²) in [5.74, 6) is 0.587. The fourth-order valence-electron chi connectivity index (χ4n) is 3.77. The topological polar surface area (TPSA) is 106 Å². The van der Waals surface area contributed by atoms with E-state index in [1.54, 1.807) is 19.2 Å². The molecule has 0 amide bonds. The Balaban J connectivity index is 1.94. The third-order valence-electron chi connectivity index (χ3n) is 6.87. The Kier molecular flexibility index (Phi) is 10.5. The van der Waals surface area contributed by atoms with Crippen LogP contribution < -0.4 is 9.16 Å². The van der Waals surface area contributed by atoms with Crippen LogP contribution in [0, 0.1) is 0 Å². The van der Waals surface area contributed by atoms with Crippen LogP contribution in [0.4, 0.5) is 0 Å². The third kappa shape index (κ3) is 8.49. The Hall–Kier alpha value is -2.50. The van der Waals surface area contributed by atoms with Crippen LogP contribution in [-0.4, -0.2) is 49.5 Å². The largest absolute Gasteiger partial charge is 0.543 e. The summed E-state index contributed by atoms with van der Waals surface area (Å²) in [6.45, 7) is 14.8. The zero-order chi connectivity index (χ0) is 28.8. The van der Waals surface area contributed by atoms with Crippen molar-refractivity contribution >= 4 is 36.2 Å². The molecule has 1 aliphatic heterocycles. The average molecular weight is 624 g/mol. The van der Waals surface area contributed by atoms with Gasteiger partial charge in [0.1, 0.15) is 24.2 Å². The number of esters is 2. The molecule has 2 aromatic rings. The lowest BCUT2D eigenvalue weighted by molar-refractivity contribution is -0.166. The van der Waals surface area contributed by atoms with Crippen molar-refractivity contribution in [1.29, 1.82) is 0 Å². The van der Waals surface area contributed by atoms with Crippen molar-refractivity contribution in [2.24, 2.45) is 0 Å². The number of nitrogens with zero attached hydrogens (tertiary/aromatic N) is 2. The summed E-state index contributed by atoms with van der Waals surface area (Å²) in [5.41, 5.74) is 1.33. The van der Waals surface area contributed by atoms with Crippen molar-refractivity contribution in [2.45, 2.75) is 90.8 Å². The Morgan fingerprint density at radius 3 is 2.59 bits per heavy atom. The van der Waals surface area contributed by atoms with Gasteiger partial charge in [0.15, 0.2) is 5.82 Å². The van der Waals surface area contributed by atoms with Gasteiger partial charge in [0.05, 0.1) is 16.8 Å². The molecule has 11 heteroatoms. The Morgan fingerprint density at radius 1 is 1.23 bits per heavy atom.